The van der Waals surface area contributed by atoms with Gasteiger partial charge < -0.3 is 4.90 Å². The fourth-order valence-electron chi connectivity index (χ4n) is 2.64. The monoisotopic (exact) mass is 323 g/mol. The molecule has 1 aromatic carbocycles. The number of hydrogen-bond acceptors (Lipinski definition) is 1. The molecule has 0 N–H and O–H groups in total. The first-order valence-corrected chi connectivity index (χ1v) is 7.98. The number of amides is 1. The first-order valence-electron chi connectivity index (χ1n) is 7.06. The summed E-state index contributed by atoms with van der Waals surface area (Å²) in [5.41, 5.74) is 3.80. The first-order chi connectivity index (χ1) is 8.99. The molecule has 0 radical (unpaired) electrons. The molecule has 1 heterocycles. The largest absolute Gasteiger partial charge is 0.312 e. The van der Waals surface area contributed by atoms with E-state index in [1.54, 1.807) is 0 Å². The van der Waals surface area contributed by atoms with E-state index in [0.717, 1.165) is 31.5 Å². The van der Waals surface area contributed by atoms with E-state index in [0.29, 0.717) is 4.83 Å². The number of benzene rings is 1. The highest BCUT2D eigenvalue weighted by molar-refractivity contribution is 9.09. The molecule has 0 aliphatic carbocycles. The first kappa shape index (κ1) is 14.6. The van der Waals surface area contributed by atoms with Crippen molar-refractivity contribution in [2.24, 2.45) is 5.92 Å². The van der Waals surface area contributed by atoms with Crippen molar-refractivity contribution in [2.45, 2.75) is 44.9 Å². The van der Waals surface area contributed by atoms with Crippen LogP contribution in [-0.4, -0.2) is 17.3 Å². The fourth-order valence-corrected chi connectivity index (χ4v) is 3.02. The maximum atomic E-state index is 12.2. The molecule has 3 heteroatoms. The summed E-state index contributed by atoms with van der Waals surface area (Å²) in [4.78, 5) is 14.7. The van der Waals surface area contributed by atoms with Gasteiger partial charge in [0.05, 0.1) is 0 Å². The third kappa shape index (κ3) is 3.38. The summed E-state index contributed by atoms with van der Waals surface area (Å²) in [6.45, 7) is 6.96. The molecule has 0 aromatic heterocycles. The van der Waals surface area contributed by atoms with Gasteiger partial charge in [0.1, 0.15) is 0 Å². The Hall–Kier alpha value is -0.830. The Kier molecular flexibility index (Phi) is 4.67. The smallest absolute Gasteiger partial charge is 0.229 e. The molecule has 104 valence electrons. The van der Waals surface area contributed by atoms with Crippen LogP contribution in [0.2, 0.25) is 0 Å². The number of carbonyl (C=O) groups excluding carboxylic acids is 1. The number of fused-ring (bicyclic) bond motifs is 1. The summed E-state index contributed by atoms with van der Waals surface area (Å²) in [6, 6.07) is 6.55. The van der Waals surface area contributed by atoms with Crippen LogP contribution in [-0.2, 0) is 17.6 Å². The summed E-state index contributed by atoms with van der Waals surface area (Å²) < 4.78 is 0. The highest BCUT2D eigenvalue weighted by Crippen LogP contribution is 2.29. The third-order valence-corrected chi connectivity index (χ3v) is 3.86. The summed E-state index contributed by atoms with van der Waals surface area (Å²) in [7, 11) is 0. The Bertz CT molecular complexity index is 468. The van der Waals surface area contributed by atoms with Crippen molar-refractivity contribution in [3.05, 3.63) is 29.3 Å². The van der Waals surface area contributed by atoms with Crippen LogP contribution in [0.25, 0.3) is 0 Å². The number of carbonyl (C=O) groups is 1. The predicted octanol–water partition coefficient (Wildman–Crippen LogP) is 3.95. The lowest BCUT2D eigenvalue weighted by molar-refractivity contribution is -0.121. The molecule has 2 rings (SSSR count). The molecule has 1 atom stereocenters. The highest BCUT2D eigenvalue weighted by atomic mass is 79.9. The maximum Gasteiger partial charge on any atom is 0.229 e. The summed E-state index contributed by atoms with van der Waals surface area (Å²) in [5.74, 6) is 0.302. The molecule has 0 saturated heterocycles. The molecule has 1 aromatic rings. The van der Waals surface area contributed by atoms with Gasteiger partial charge in [-0.1, -0.05) is 48.8 Å². The Labute approximate surface area is 124 Å². The lowest BCUT2D eigenvalue weighted by Gasteiger charge is -2.31. The van der Waals surface area contributed by atoms with E-state index in [-0.39, 0.29) is 11.8 Å². The molecule has 2 nitrogen and oxygen atoms in total. The summed E-state index contributed by atoms with van der Waals surface area (Å²) >= 11 is 3.60. The molecule has 1 unspecified atom stereocenters. The second-order valence-electron chi connectivity index (χ2n) is 5.70. The zero-order valence-corrected chi connectivity index (χ0v) is 13.5. The second-order valence-corrected chi connectivity index (χ2v) is 7.26. The van der Waals surface area contributed by atoms with E-state index >= 15 is 0 Å². The van der Waals surface area contributed by atoms with Gasteiger partial charge in [-0.25, -0.2) is 0 Å². The number of halogens is 1. The topological polar surface area (TPSA) is 20.3 Å². The van der Waals surface area contributed by atoms with Crippen molar-refractivity contribution in [3.8, 4) is 0 Å². The molecule has 19 heavy (non-hydrogen) atoms. The average Bonchev–Trinajstić information content (AvgIpc) is 2.36. The van der Waals surface area contributed by atoms with Crippen molar-refractivity contribution in [1.82, 2.24) is 0 Å². The Morgan fingerprint density at radius 1 is 1.37 bits per heavy atom. The standard InChI is InChI=1S/C16H22BrNO/c1-11(2)16(19)18-8-4-5-14-10-13(9-12(3)17)6-7-15(14)18/h6-7,10-12H,4-5,8-9H2,1-3H3. The average molecular weight is 324 g/mol. The number of aryl methyl sites for hydroxylation is 1. The molecule has 1 aliphatic rings. The zero-order chi connectivity index (χ0) is 14.0. The Balaban J connectivity index is 2.28. The van der Waals surface area contributed by atoms with Gasteiger partial charge in [-0.05, 0) is 36.5 Å². The predicted molar refractivity (Wildman–Crippen MR) is 84.0 cm³/mol. The minimum absolute atomic E-state index is 0.0631. The van der Waals surface area contributed by atoms with Crippen molar-refractivity contribution in [2.75, 3.05) is 11.4 Å². The van der Waals surface area contributed by atoms with Gasteiger partial charge in [-0.3, -0.25) is 4.79 Å². The molecule has 1 aliphatic heterocycles. The van der Waals surface area contributed by atoms with E-state index in [4.69, 9.17) is 0 Å². The van der Waals surface area contributed by atoms with Crippen LogP contribution in [0.4, 0.5) is 5.69 Å². The van der Waals surface area contributed by atoms with Gasteiger partial charge in [-0.15, -0.1) is 0 Å². The van der Waals surface area contributed by atoms with E-state index in [1.165, 1.54) is 11.1 Å². The van der Waals surface area contributed by atoms with E-state index < -0.39 is 0 Å². The van der Waals surface area contributed by atoms with Crippen molar-refractivity contribution in [1.29, 1.82) is 0 Å². The summed E-state index contributed by atoms with van der Waals surface area (Å²) in [5, 5.41) is 0. The normalized spacial score (nSPS) is 16.4. The number of hydrogen-bond donors (Lipinski definition) is 0. The fraction of sp³-hybridized carbons (Fsp3) is 0.562. The van der Waals surface area contributed by atoms with Gasteiger partial charge in [-0.2, -0.15) is 0 Å². The lowest BCUT2D eigenvalue weighted by atomic mass is 9.96. The molecule has 0 spiro atoms. The Morgan fingerprint density at radius 3 is 2.74 bits per heavy atom. The molecule has 0 bridgehead atoms. The number of rotatable bonds is 3. The molecular weight excluding hydrogens is 302 g/mol. The quantitative estimate of drug-likeness (QED) is 0.771. The van der Waals surface area contributed by atoms with Crippen molar-refractivity contribution in [3.63, 3.8) is 0 Å². The van der Waals surface area contributed by atoms with E-state index in [9.17, 15) is 4.79 Å². The van der Waals surface area contributed by atoms with Crippen molar-refractivity contribution >= 4 is 27.5 Å². The van der Waals surface area contributed by atoms with Crippen LogP contribution in [0.3, 0.4) is 0 Å². The third-order valence-electron chi connectivity index (χ3n) is 3.54. The van der Waals surface area contributed by atoms with Crippen LogP contribution in [0.15, 0.2) is 18.2 Å². The van der Waals surface area contributed by atoms with Gasteiger partial charge in [0.25, 0.3) is 0 Å². The molecule has 1 amide bonds. The van der Waals surface area contributed by atoms with Crippen molar-refractivity contribution < 1.29 is 4.79 Å². The van der Waals surface area contributed by atoms with Crippen LogP contribution < -0.4 is 4.90 Å². The highest BCUT2D eigenvalue weighted by Gasteiger charge is 2.24. The molecule has 0 saturated carbocycles. The molecule has 0 fully saturated rings. The van der Waals surface area contributed by atoms with E-state index in [1.807, 2.05) is 18.7 Å². The Morgan fingerprint density at radius 2 is 2.11 bits per heavy atom. The second kappa shape index (κ2) is 6.08. The zero-order valence-electron chi connectivity index (χ0n) is 11.9. The number of anilines is 1. The lowest BCUT2D eigenvalue weighted by Crippen LogP contribution is -2.38. The maximum absolute atomic E-state index is 12.2. The van der Waals surface area contributed by atoms with Gasteiger partial charge >= 0.3 is 0 Å². The van der Waals surface area contributed by atoms with Gasteiger partial charge in [0.2, 0.25) is 5.91 Å². The van der Waals surface area contributed by atoms with Gasteiger partial charge in [0.15, 0.2) is 0 Å². The van der Waals surface area contributed by atoms with Crippen LogP contribution >= 0.6 is 15.9 Å². The molecular formula is C16H22BrNO. The number of nitrogens with zero attached hydrogens (tertiary/aromatic N) is 1. The minimum atomic E-state index is 0.0631. The van der Waals surface area contributed by atoms with Crippen LogP contribution in [0.1, 0.15) is 38.3 Å². The van der Waals surface area contributed by atoms with Crippen LogP contribution in [0.5, 0.6) is 0 Å². The number of alkyl halides is 1. The minimum Gasteiger partial charge on any atom is -0.312 e. The SMILES string of the molecule is CC(Br)Cc1ccc2c(c1)CCCN2C(=O)C(C)C. The van der Waals surface area contributed by atoms with Gasteiger partial charge in [0, 0.05) is 23.0 Å². The van der Waals surface area contributed by atoms with Crippen LogP contribution in [0, 0.1) is 5.92 Å². The summed E-state index contributed by atoms with van der Waals surface area (Å²) in [6.07, 6.45) is 3.19. The van der Waals surface area contributed by atoms with E-state index in [2.05, 4.69) is 41.1 Å².